The molecule has 0 unspecified atom stereocenters. The lowest BCUT2D eigenvalue weighted by Gasteiger charge is -2.08. The third kappa shape index (κ3) is 9.04. The van der Waals surface area contributed by atoms with Gasteiger partial charge in [0.2, 0.25) is 0 Å². The van der Waals surface area contributed by atoms with Gasteiger partial charge in [-0.2, -0.15) is 0 Å². The van der Waals surface area contributed by atoms with Crippen molar-refractivity contribution in [3.63, 3.8) is 0 Å². The quantitative estimate of drug-likeness (QED) is 0.332. The van der Waals surface area contributed by atoms with Gasteiger partial charge in [-0.05, 0) is 53.0 Å². The number of nitrogens with two attached hydrogens (primary N) is 2. The molecule has 0 saturated carbocycles. The van der Waals surface area contributed by atoms with E-state index in [1.165, 1.54) is 5.57 Å². The second kappa shape index (κ2) is 11.1. The van der Waals surface area contributed by atoms with Crippen LogP contribution < -0.4 is 17.0 Å². The highest BCUT2D eigenvalue weighted by Crippen LogP contribution is 2.11. The number of hydrogen-bond acceptors (Lipinski definition) is 5. The van der Waals surface area contributed by atoms with Crippen molar-refractivity contribution in [2.75, 3.05) is 6.54 Å². The zero-order valence-electron chi connectivity index (χ0n) is 11.8. The van der Waals surface area contributed by atoms with Crippen molar-refractivity contribution < 1.29 is 0 Å². The lowest BCUT2D eigenvalue weighted by molar-refractivity contribution is 0.592. The summed E-state index contributed by atoms with van der Waals surface area (Å²) in [5, 5.41) is 0. The molecule has 18 heavy (non-hydrogen) atoms. The van der Waals surface area contributed by atoms with Gasteiger partial charge in [0.1, 0.15) is 6.17 Å². The second-order valence-corrected chi connectivity index (χ2v) is 4.29. The minimum atomic E-state index is -0.0197. The van der Waals surface area contributed by atoms with Crippen LogP contribution in [0, 0.1) is 0 Å². The van der Waals surface area contributed by atoms with Crippen molar-refractivity contribution in [1.82, 2.24) is 5.43 Å². The van der Waals surface area contributed by atoms with E-state index in [1.807, 2.05) is 27.0 Å². The Labute approximate surface area is 110 Å². The smallest absolute Gasteiger partial charge is 0.109 e. The molecule has 1 atom stereocenters. The van der Waals surface area contributed by atoms with E-state index in [0.717, 1.165) is 31.4 Å². The predicted octanol–water partition coefficient (Wildman–Crippen LogP) is 1.75. The summed E-state index contributed by atoms with van der Waals surface area (Å²) >= 11 is 0. The van der Waals surface area contributed by atoms with Gasteiger partial charge in [-0.3, -0.25) is 15.8 Å². The zero-order valence-corrected chi connectivity index (χ0v) is 11.8. The lowest BCUT2D eigenvalue weighted by atomic mass is 10.1. The summed E-state index contributed by atoms with van der Waals surface area (Å²) in [4.78, 5) is 8.56. The number of nitrogens with one attached hydrogen (secondary N) is 1. The Bertz CT molecular complexity index is 294. The van der Waals surface area contributed by atoms with Crippen LogP contribution in [0.5, 0.6) is 0 Å². The Morgan fingerprint density at radius 2 is 2.06 bits per heavy atom. The van der Waals surface area contributed by atoms with Crippen LogP contribution in [0.1, 0.15) is 46.5 Å². The molecule has 0 amide bonds. The molecule has 5 heteroatoms. The molecule has 0 fully saturated rings. The van der Waals surface area contributed by atoms with E-state index in [1.54, 1.807) is 6.21 Å². The van der Waals surface area contributed by atoms with Crippen LogP contribution >= 0.6 is 0 Å². The number of hydrazine groups is 1. The highest BCUT2D eigenvalue weighted by molar-refractivity contribution is 5.81. The Hall–Kier alpha value is -1.04. The van der Waals surface area contributed by atoms with Crippen molar-refractivity contribution in [2.24, 2.45) is 21.6 Å². The fourth-order valence-corrected chi connectivity index (χ4v) is 1.62. The highest BCUT2D eigenvalue weighted by atomic mass is 15.3. The Kier molecular flexibility index (Phi) is 10.4. The number of aliphatic imine (C=N–C) groups is 2. The molecular formula is C13H27N5. The Morgan fingerprint density at radius 1 is 1.33 bits per heavy atom. The van der Waals surface area contributed by atoms with Crippen LogP contribution in [-0.2, 0) is 0 Å². The van der Waals surface area contributed by atoms with Gasteiger partial charge in [0.25, 0.3) is 0 Å². The van der Waals surface area contributed by atoms with Gasteiger partial charge in [0.05, 0.1) is 0 Å². The zero-order chi connectivity index (χ0) is 13.8. The molecule has 5 nitrogen and oxygen atoms in total. The van der Waals surface area contributed by atoms with Gasteiger partial charge in [0.15, 0.2) is 0 Å². The van der Waals surface area contributed by atoms with Gasteiger partial charge in [-0.1, -0.05) is 5.57 Å². The molecule has 0 spiro atoms. The first-order valence-corrected chi connectivity index (χ1v) is 6.49. The van der Waals surface area contributed by atoms with Crippen molar-refractivity contribution in [3.8, 4) is 0 Å². The molecule has 0 rings (SSSR count). The standard InChI is InChI=1S/C13H27N5/c1-4-16-10-13(8-9-14)7-5-6-11(2)17-12(3)18-15/h4,10,12,18H,5-9,14-15H2,1-3H3/b13-10-,16-4?,17-11?/t12-/m1/s1. The minimum absolute atomic E-state index is 0.0197. The normalized spacial score (nSPS) is 15.4. The van der Waals surface area contributed by atoms with Crippen LogP contribution in [0.3, 0.4) is 0 Å². The molecular weight excluding hydrogens is 226 g/mol. The molecule has 0 aliphatic heterocycles. The van der Waals surface area contributed by atoms with Gasteiger partial charge < -0.3 is 5.73 Å². The Balaban J connectivity index is 4.10. The molecule has 104 valence electrons. The van der Waals surface area contributed by atoms with Crippen LogP contribution in [0.2, 0.25) is 0 Å². The molecule has 0 aliphatic rings. The molecule has 0 saturated heterocycles. The summed E-state index contributed by atoms with van der Waals surface area (Å²) in [5.41, 5.74) is 10.6. The largest absolute Gasteiger partial charge is 0.330 e. The first-order valence-electron chi connectivity index (χ1n) is 6.49. The van der Waals surface area contributed by atoms with E-state index in [0.29, 0.717) is 6.54 Å². The molecule has 0 bridgehead atoms. The number of nitrogens with zero attached hydrogens (tertiary/aromatic N) is 2. The minimum Gasteiger partial charge on any atom is -0.330 e. The van der Waals surface area contributed by atoms with E-state index in [2.05, 4.69) is 15.4 Å². The Morgan fingerprint density at radius 3 is 2.61 bits per heavy atom. The first-order chi connectivity index (χ1) is 8.63. The van der Waals surface area contributed by atoms with Crippen molar-refractivity contribution >= 4 is 11.9 Å². The van der Waals surface area contributed by atoms with Crippen LogP contribution in [0.4, 0.5) is 0 Å². The van der Waals surface area contributed by atoms with Gasteiger partial charge in [-0.15, -0.1) is 0 Å². The summed E-state index contributed by atoms with van der Waals surface area (Å²) in [6.45, 7) is 6.55. The number of hydrogen-bond donors (Lipinski definition) is 3. The van der Waals surface area contributed by atoms with Gasteiger partial charge in [0, 0.05) is 18.1 Å². The van der Waals surface area contributed by atoms with Gasteiger partial charge in [-0.25, -0.2) is 5.43 Å². The first kappa shape index (κ1) is 17.0. The maximum Gasteiger partial charge on any atom is 0.109 e. The van der Waals surface area contributed by atoms with Crippen LogP contribution in [0.15, 0.2) is 21.8 Å². The van der Waals surface area contributed by atoms with E-state index >= 15 is 0 Å². The molecule has 0 radical (unpaired) electrons. The molecule has 0 aromatic heterocycles. The van der Waals surface area contributed by atoms with E-state index in [9.17, 15) is 0 Å². The molecule has 0 heterocycles. The van der Waals surface area contributed by atoms with Crippen LogP contribution in [-0.4, -0.2) is 24.6 Å². The van der Waals surface area contributed by atoms with E-state index in [-0.39, 0.29) is 6.17 Å². The average molecular weight is 253 g/mol. The summed E-state index contributed by atoms with van der Waals surface area (Å²) in [6.07, 6.45) is 7.66. The lowest BCUT2D eigenvalue weighted by Crippen LogP contribution is -2.31. The molecule has 0 aromatic carbocycles. The SMILES string of the molecule is CC=N/C=C(\CCN)CCCC(C)=N[C@@H](C)NN. The maximum absolute atomic E-state index is 5.58. The monoisotopic (exact) mass is 253 g/mol. The summed E-state index contributed by atoms with van der Waals surface area (Å²) < 4.78 is 0. The summed E-state index contributed by atoms with van der Waals surface area (Å²) in [7, 11) is 0. The average Bonchev–Trinajstić information content (AvgIpc) is 2.35. The third-order valence-corrected chi connectivity index (χ3v) is 2.56. The van der Waals surface area contributed by atoms with Crippen LogP contribution in [0.25, 0.3) is 0 Å². The van der Waals surface area contributed by atoms with E-state index < -0.39 is 0 Å². The maximum atomic E-state index is 5.58. The van der Waals surface area contributed by atoms with Crippen molar-refractivity contribution in [1.29, 1.82) is 0 Å². The topological polar surface area (TPSA) is 88.8 Å². The molecule has 5 N–H and O–H groups in total. The highest BCUT2D eigenvalue weighted by Gasteiger charge is 2.00. The predicted molar refractivity (Wildman–Crippen MR) is 79.7 cm³/mol. The fraction of sp³-hybridized carbons (Fsp3) is 0.692. The third-order valence-electron chi connectivity index (χ3n) is 2.56. The fourth-order valence-electron chi connectivity index (χ4n) is 1.62. The van der Waals surface area contributed by atoms with Gasteiger partial charge >= 0.3 is 0 Å². The number of rotatable bonds is 9. The molecule has 0 aromatic rings. The molecule has 0 aliphatic carbocycles. The summed E-state index contributed by atoms with van der Waals surface area (Å²) in [6, 6.07) is 0. The summed E-state index contributed by atoms with van der Waals surface area (Å²) in [5.74, 6) is 5.30. The second-order valence-electron chi connectivity index (χ2n) is 4.29. The van der Waals surface area contributed by atoms with Crippen molar-refractivity contribution in [3.05, 3.63) is 11.8 Å². The van der Waals surface area contributed by atoms with Crippen molar-refractivity contribution in [2.45, 2.75) is 52.6 Å². The van der Waals surface area contributed by atoms with E-state index in [4.69, 9.17) is 11.6 Å².